The van der Waals surface area contributed by atoms with Gasteiger partial charge in [-0.05, 0) is 105 Å². The van der Waals surface area contributed by atoms with E-state index in [9.17, 15) is 28.2 Å². The molecule has 1 unspecified atom stereocenters. The molecule has 8 nitrogen and oxygen atoms in total. The summed E-state index contributed by atoms with van der Waals surface area (Å²) in [6.45, 7) is 7.23. The van der Waals surface area contributed by atoms with Crippen molar-refractivity contribution in [3.63, 3.8) is 0 Å². The molecule has 1 saturated heterocycles. The van der Waals surface area contributed by atoms with Crippen molar-refractivity contribution in [1.29, 1.82) is 0 Å². The molecule has 6 aliphatic carbocycles. The zero-order valence-corrected chi connectivity index (χ0v) is 31.8. The van der Waals surface area contributed by atoms with E-state index in [0.29, 0.717) is 69.7 Å². The van der Waals surface area contributed by atoms with Gasteiger partial charge in [-0.1, -0.05) is 43.7 Å². The first-order chi connectivity index (χ1) is 26.0. The van der Waals surface area contributed by atoms with Gasteiger partial charge in [0.15, 0.2) is 11.5 Å². The molecule has 12 heteroatoms. The highest BCUT2D eigenvalue weighted by Crippen LogP contribution is 2.78. The number of carbonyl (C=O) groups is 2. The fraction of sp³-hybridized carbons (Fsp3) is 0.535. The maximum absolute atomic E-state index is 15.0. The van der Waals surface area contributed by atoms with Gasteiger partial charge in [0.05, 0.1) is 28.6 Å². The van der Waals surface area contributed by atoms with E-state index in [0.717, 1.165) is 31.4 Å². The summed E-state index contributed by atoms with van der Waals surface area (Å²) in [6, 6.07) is 9.41. The molecular weight excluding hydrogens is 733 g/mol. The van der Waals surface area contributed by atoms with Crippen molar-refractivity contribution in [2.45, 2.75) is 76.7 Å². The Morgan fingerprint density at radius 3 is 2.38 bits per heavy atom. The van der Waals surface area contributed by atoms with Crippen LogP contribution in [-0.4, -0.2) is 76.1 Å². The number of carbonyl (C=O) groups excluding carboxylic acids is 2. The number of fused-ring (bicyclic) bond motifs is 1. The summed E-state index contributed by atoms with van der Waals surface area (Å²) in [6.07, 6.45) is 7.73. The number of hydrogen-bond donors (Lipinski definition) is 2. The topological polar surface area (TPSA) is 107 Å². The number of alkyl halides is 3. The molecule has 292 valence electrons. The summed E-state index contributed by atoms with van der Waals surface area (Å²) in [7, 11) is 0. The molecule has 3 heterocycles. The third-order valence-corrected chi connectivity index (χ3v) is 15.6. The van der Waals surface area contributed by atoms with Gasteiger partial charge >= 0.3 is 6.18 Å². The van der Waals surface area contributed by atoms with E-state index in [1.807, 2.05) is 0 Å². The molecule has 2 bridgehead atoms. The highest BCUT2D eigenvalue weighted by atomic mass is 35.5. The van der Waals surface area contributed by atoms with Gasteiger partial charge in [0.25, 0.3) is 5.91 Å². The molecule has 3 aromatic rings. The van der Waals surface area contributed by atoms with Gasteiger partial charge in [-0.2, -0.15) is 13.2 Å². The Hall–Kier alpha value is -3.64. The van der Waals surface area contributed by atoms with Crippen molar-refractivity contribution < 1.29 is 41.8 Å². The lowest BCUT2D eigenvalue weighted by Gasteiger charge is -2.71. The standard InChI is InChI=1S/C43H46ClF3N2O6/c1-38-12-9-27(50)23-40(38)15-16-42(29(24-40)36(51)32-8-7-31(55-32)28-22-26(43(45,46)47)5-6-30(28)44)34(38)10-13-39(2)35(42)11-14-41(39,53)25-48-17-19-49(20-18-48)37(52)33-4-3-21-54-33/h3-8,15-16,21-22,24,27,34-35,50,53H,9-14,17-20,23,25H2,1-2H3/t27?,34-,35-,38-,39+,40+,41-,42-/m1/s1. The molecule has 1 amide bonds. The number of Topliss-reactive ketones (excluding diaryl/α,β-unsaturated/α-hetero) is 1. The first kappa shape index (κ1) is 37.0. The van der Waals surface area contributed by atoms with E-state index in [-0.39, 0.29) is 51.0 Å². The van der Waals surface area contributed by atoms with Crippen LogP contribution in [0.5, 0.6) is 0 Å². The number of allylic oxidation sites excluding steroid dienone is 4. The summed E-state index contributed by atoms with van der Waals surface area (Å²) in [4.78, 5) is 32.0. The Morgan fingerprint density at radius 2 is 1.65 bits per heavy atom. The number of aliphatic hydroxyl groups is 2. The second-order valence-electron chi connectivity index (χ2n) is 17.5. The molecular formula is C43H46ClF3N2O6. The van der Waals surface area contributed by atoms with Gasteiger partial charge in [0.2, 0.25) is 5.78 Å². The van der Waals surface area contributed by atoms with Gasteiger partial charge in [0, 0.05) is 60.1 Å². The van der Waals surface area contributed by atoms with Crippen molar-refractivity contribution in [2.24, 2.45) is 33.5 Å². The van der Waals surface area contributed by atoms with Gasteiger partial charge in [-0.15, -0.1) is 0 Å². The summed E-state index contributed by atoms with van der Waals surface area (Å²) in [5.41, 5.74) is -3.37. The van der Waals surface area contributed by atoms with Crippen LogP contribution in [0.15, 0.2) is 81.4 Å². The SMILES string of the molecule is C[C@]12CC[C@H]3[C@]4(C=C[C@@]5(C=C4C(=O)c4ccc(-c6cc(C(F)(F)F)ccc6Cl)o4)CC(O)CC[C@]35C)[C@@H]1CC[C@@]2(O)CN1CCN(C(=O)c2ccco2)CC1. The van der Waals surface area contributed by atoms with Crippen molar-refractivity contribution in [2.75, 3.05) is 32.7 Å². The Kier molecular flexibility index (Phi) is 8.35. The first-order valence-electron chi connectivity index (χ1n) is 19.4. The Labute approximate surface area is 323 Å². The van der Waals surface area contributed by atoms with Crippen LogP contribution < -0.4 is 0 Å². The van der Waals surface area contributed by atoms with Crippen LogP contribution in [0.25, 0.3) is 11.3 Å². The molecule has 8 atom stereocenters. The number of piperazine rings is 1. The number of furan rings is 2. The average Bonchev–Trinajstić information content (AvgIpc) is 3.92. The lowest BCUT2D eigenvalue weighted by atomic mass is 9.32. The lowest BCUT2D eigenvalue weighted by Crippen LogP contribution is -2.67. The highest BCUT2D eigenvalue weighted by Gasteiger charge is 2.74. The van der Waals surface area contributed by atoms with Gasteiger partial charge < -0.3 is 23.9 Å². The molecule has 4 fully saturated rings. The third-order valence-electron chi connectivity index (χ3n) is 15.2. The fourth-order valence-corrected chi connectivity index (χ4v) is 12.5. The van der Waals surface area contributed by atoms with E-state index in [2.05, 4.69) is 37.0 Å². The first-order valence-corrected chi connectivity index (χ1v) is 19.8. The summed E-state index contributed by atoms with van der Waals surface area (Å²) >= 11 is 6.37. The number of ketones is 1. The van der Waals surface area contributed by atoms with E-state index < -0.39 is 39.7 Å². The second-order valence-corrected chi connectivity index (χ2v) is 17.9. The molecule has 1 aliphatic heterocycles. The van der Waals surface area contributed by atoms with Crippen LogP contribution in [0.4, 0.5) is 13.2 Å². The Bertz CT molecular complexity index is 2100. The molecule has 10 rings (SSSR count). The predicted molar refractivity (Wildman–Crippen MR) is 198 cm³/mol. The minimum atomic E-state index is -4.58. The molecule has 2 spiro atoms. The smallest absolute Gasteiger partial charge is 0.416 e. The van der Waals surface area contributed by atoms with Crippen LogP contribution in [0.1, 0.15) is 85.5 Å². The van der Waals surface area contributed by atoms with Crippen molar-refractivity contribution in [3.05, 3.63) is 94.6 Å². The summed E-state index contributed by atoms with van der Waals surface area (Å²) in [5.74, 6) is -0.104. The largest absolute Gasteiger partial charge is 0.459 e. The van der Waals surface area contributed by atoms with Crippen molar-refractivity contribution >= 4 is 23.3 Å². The lowest BCUT2D eigenvalue weighted by molar-refractivity contribution is -0.177. The van der Waals surface area contributed by atoms with Crippen LogP contribution in [0.3, 0.4) is 0 Å². The normalized spacial score (nSPS) is 37.0. The minimum Gasteiger partial charge on any atom is -0.459 e. The number of hydrogen-bond acceptors (Lipinski definition) is 7. The Balaban J connectivity index is 1.05. The average molecular weight is 779 g/mol. The van der Waals surface area contributed by atoms with Gasteiger partial charge in [-0.25, -0.2) is 0 Å². The molecule has 2 N–H and O–H groups in total. The van der Waals surface area contributed by atoms with Crippen molar-refractivity contribution in [3.8, 4) is 11.3 Å². The Morgan fingerprint density at radius 1 is 0.927 bits per heavy atom. The molecule has 55 heavy (non-hydrogen) atoms. The van der Waals surface area contributed by atoms with E-state index in [1.165, 1.54) is 24.5 Å². The minimum absolute atomic E-state index is 0.0146. The van der Waals surface area contributed by atoms with Gasteiger partial charge in [0.1, 0.15) is 5.76 Å². The van der Waals surface area contributed by atoms with E-state index in [1.54, 1.807) is 17.0 Å². The van der Waals surface area contributed by atoms with Crippen molar-refractivity contribution in [1.82, 2.24) is 9.80 Å². The third kappa shape index (κ3) is 5.28. The summed E-state index contributed by atoms with van der Waals surface area (Å²) in [5, 5.41) is 23.9. The number of halogens is 4. The predicted octanol–water partition coefficient (Wildman–Crippen LogP) is 8.44. The number of rotatable bonds is 6. The van der Waals surface area contributed by atoms with Crippen LogP contribution >= 0.6 is 11.6 Å². The molecule has 1 aromatic carbocycles. The van der Waals surface area contributed by atoms with E-state index >= 15 is 4.79 Å². The number of β-amino-alcohol motifs (C(OH)–C–C–N with tert-alkyl or cyclic N) is 1. The molecule has 2 aromatic heterocycles. The number of amides is 1. The monoisotopic (exact) mass is 778 g/mol. The van der Waals surface area contributed by atoms with Crippen LogP contribution in [-0.2, 0) is 6.18 Å². The van der Waals surface area contributed by atoms with Crippen LogP contribution in [0.2, 0.25) is 5.02 Å². The molecule has 3 saturated carbocycles. The van der Waals surface area contributed by atoms with Gasteiger partial charge in [-0.3, -0.25) is 14.5 Å². The number of benzene rings is 1. The molecule has 0 radical (unpaired) electrons. The highest BCUT2D eigenvalue weighted by molar-refractivity contribution is 6.33. The zero-order valence-electron chi connectivity index (χ0n) is 31.0. The quantitative estimate of drug-likeness (QED) is 0.191. The maximum atomic E-state index is 15.0. The summed E-state index contributed by atoms with van der Waals surface area (Å²) < 4.78 is 52.4. The number of nitrogens with zero attached hydrogens (tertiary/aromatic N) is 2. The number of aliphatic hydroxyl groups excluding tert-OH is 1. The fourth-order valence-electron chi connectivity index (χ4n) is 12.3. The van der Waals surface area contributed by atoms with Crippen LogP contribution in [0, 0.1) is 33.5 Å². The maximum Gasteiger partial charge on any atom is 0.416 e. The van der Waals surface area contributed by atoms with E-state index in [4.69, 9.17) is 20.4 Å². The second kappa shape index (κ2) is 12.4. The zero-order chi connectivity index (χ0) is 38.8. The molecule has 7 aliphatic rings.